The first-order valence-corrected chi connectivity index (χ1v) is 10.8. The second-order valence-corrected chi connectivity index (χ2v) is 7.90. The van der Waals surface area contributed by atoms with E-state index in [4.69, 9.17) is 9.47 Å². The van der Waals surface area contributed by atoms with Gasteiger partial charge in [-0.1, -0.05) is 36.4 Å². The standard InChI is InChI=1S/C26H20N2O8/c1-35-18-12-10-17(11-13-18)22(29)15-36-26(32)21(14-16-6-3-2-4-7-16)27-24(30)19-8-5-9-20(28(33)34)23(19)25(27)31/h2-13,21H,14-15H2,1H3. The van der Waals surface area contributed by atoms with E-state index in [0.29, 0.717) is 16.2 Å². The number of hydrogen-bond donors (Lipinski definition) is 0. The molecule has 1 atom stereocenters. The van der Waals surface area contributed by atoms with Gasteiger partial charge in [-0.3, -0.25) is 29.4 Å². The zero-order valence-corrected chi connectivity index (χ0v) is 19.1. The Balaban J connectivity index is 1.60. The molecule has 10 nitrogen and oxygen atoms in total. The lowest BCUT2D eigenvalue weighted by atomic mass is 10.0. The monoisotopic (exact) mass is 488 g/mol. The Bertz CT molecular complexity index is 1350. The topological polar surface area (TPSA) is 133 Å². The van der Waals surface area contributed by atoms with Crippen molar-refractivity contribution in [2.45, 2.75) is 12.5 Å². The number of methoxy groups -OCH3 is 1. The van der Waals surface area contributed by atoms with Crippen LogP contribution in [0.5, 0.6) is 5.75 Å². The van der Waals surface area contributed by atoms with Crippen molar-refractivity contribution in [1.29, 1.82) is 0 Å². The van der Waals surface area contributed by atoms with Gasteiger partial charge in [0.2, 0.25) is 0 Å². The summed E-state index contributed by atoms with van der Waals surface area (Å²) in [5.41, 5.74) is -0.191. The molecule has 0 aliphatic carbocycles. The van der Waals surface area contributed by atoms with Crippen molar-refractivity contribution in [3.05, 3.63) is 105 Å². The highest BCUT2D eigenvalue weighted by atomic mass is 16.6. The van der Waals surface area contributed by atoms with E-state index in [1.807, 2.05) is 0 Å². The average molecular weight is 488 g/mol. The Kier molecular flexibility index (Phi) is 6.86. The molecule has 4 rings (SSSR count). The van der Waals surface area contributed by atoms with E-state index >= 15 is 0 Å². The van der Waals surface area contributed by atoms with E-state index in [9.17, 15) is 29.3 Å². The van der Waals surface area contributed by atoms with E-state index in [1.54, 1.807) is 42.5 Å². The van der Waals surface area contributed by atoms with Crippen LogP contribution in [0.4, 0.5) is 5.69 Å². The third-order valence-corrected chi connectivity index (χ3v) is 5.73. The van der Waals surface area contributed by atoms with Crippen LogP contribution < -0.4 is 4.74 Å². The molecule has 1 unspecified atom stereocenters. The number of fused-ring (bicyclic) bond motifs is 1. The summed E-state index contributed by atoms with van der Waals surface area (Å²) in [6, 6.07) is 17.1. The predicted octanol–water partition coefficient (Wildman–Crippen LogP) is 3.24. The van der Waals surface area contributed by atoms with Gasteiger partial charge in [-0.15, -0.1) is 0 Å². The predicted molar refractivity (Wildman–Crippen MR) is 126 cm³/mol. The molecule has 0 aromatic heterocycles. The van der Waals surface area contributed by atoms with Crippen molar-refractivity contribution in [2.75, 3.05) is 13.7 Å². The largest absolute Gasteiger partial charge is 0.497 e. The molecular formula is C26H20N2O8. The summed E-state index contributed by atoms with van der Waals surface area (Å²) in [7, 11) is 1.49. The highest BCUT2D eigenvalue weighted by molar-refractivity contribution is 6.24. The van der Waals surface area contributed by atoms with E-state index in [2.05, 4.69) is 0 Å². The number of nitro groups is 1. The van der Waals surface area contributed by atoms with Crippen LogP contribution in [-0.4, -0.2) is 53.1 Å². The number of ketones is 1. The molecule has 0 bridgehead atoms. The van der Waals surface area contributed by atoms with Gasteiger partial charge in [0.05, 0.1) is 17.6 Å². The van der Waals surface area contributed by atoms with Crippen molar-refractivity contribution in [2.24, 2.45) is 0 Å². The van der Waals surface area contributed by atoms with Crippen molar-refractivity contribution < 1.29 is 33.6 Å². The number of amides is 2. The molecule has 1 aliphatic rings. The molecule has 0 fully saturated rings. The molecule has 0 spiro atoms. The van der Waals surface area contributed by atoms with Crippen LogP contribution >= 0.6 is 0 Å². The number of benzene rings is 3. The minimum Gasteiger partial charge on any atom is -0.497 e. The number of carbonyl (C=O) groups excluding carboxylic acids is 4. The van der Waals surface area contributed by atoms with Gasteiger partial charge in [0.15, 0.2) is 12.4 Å². The molecule has 0 saturated carbocycles. The van der Waals surface area contributed by atoms with Crippen LogP contribution in [-0.2, 0) is 16.0 Å². The molecule has 1 aliphatic heterocycles. The Hall–Kier alpha value is -4.86. The lowest BCUT2D eigenvalue weighted by molar-refractivity contribution is -0.385. The number of rotatable bonds is 9. The number of nitrogens with zero attached hydrogens (tertiary/aromatic N) is 2. The highest BCUT2D eigenvalue weighted by Gasteiger charge is 2.47. The smallest absolute Gasteiger partial charge is 0.330 e. The number of esters is 1. The summed E-state index contributed by atoms with van der Waals surface area (Å²) in [6.07, 6.45) is -0.102. The van der Waals surface area contributed by atoms with Gasteiger partial charge >= 0.3 is 5.97 Å². The first-order valence-electron chi connectivity index (χ1n) is 10.8. The molecule has 3 aromatic carbocycles. The van der Waals surface area contributed by atoms with Crippen LogP contribution in [0.3, 0.4) is 0 Å². The number of Topliss-reactive ketones (excluding diaryl/α,β-unsaturated/α-hetero) is 1. The number of carbonyl (C=O) groups is 4. The first-order chi connectivity index (χ1) is 17.3. The molecule has 1 heterocycles. The van der Waals surface area contributed by atoms with Crippen LogP contribution in [0.25, 0.3) is 0 Å². The number of ether oxygens (including phenoxy) is 2. The van der Waals surface area contributed by atoms with E-state index in [1.165, 1.54) is 31.4 Å². The van der Waals surface area contributed by atoms with Crippen molar-refractivity contribution in [3.63, 3.8) is 0 Å². The van der Waals surface area contributed by atoms with Crippen molar-refractivity contribution in [1.82, 2.24) is 4.90 Å². The maximum atomic E-state index is 13.2. The Labute approximate surface area is 205 Å². The fraction of sp³-hybridized carbons (Fsp3) is 0.154. The Morgan fingerprint density at radius 1 is 0.944 bits per heavy atom. The summed E-state index contributed by atoms with van der Waals surface area (Å²) in [6.45, 7) is -0.625. The lowest BCUT2D eigenvalue weighted by Gasteiger charge is -2.24. The van der Waals surface area contributed by atoms with Gasteiger partial charge in [0, 0.05) is 18.1 Å². The SMILES string of the molecule is COc1ccc(C(=O)COC(=O)C(Cc2ccccc2)N2C(=O)c3cccc([N+](=O)[O-])c3C2=O)cc1. The van der Waals surface area contributed by atoms with Crippen LogP contribution in [0.15, 0.2) is 72.8 Å². The maximum absolute atomic E-state index is 13.2. The van der Waals surface area contributed by atoms with Crippen molar-refractivity contribution >= 4 is 29.3 Å². The quantitative estimate of drug-likeness (QED) is 0.147. The van der Waals surface area contributed by atoms with E-state index in [0.717, 1.165) is 6.07 Å². The Morgan fingerprint density at radius 2 is 1.64 bits per heavy atom. The van der Waals surface area contributed by atoms with Crippen LogP contribution in [0.2, 0.25) is 0 Å². The molecule has 182 valence electrons. The number of nitro benzene ring substituents is 1. The molecule has 0 saturated heterocycles. The summed E-state index contributed by atoms with van der Waals surface area (Å²) >= 11 is 0. The summed E-state index contributed by atoms with van der Waals surface area (Å²) in [4.78, 5) is 63.4. The minimum absolute atomic E-state index is 0.102. The summed E-state index contributed by atoms with van der Waals surface area (Å²) in [5, 5.41) is 11.5. The fourth-order valence-electron chi connectivity index (χ4n) is 3.93. The number of hydrogen-bond acceptors (Lipinski definition) is 8. The van der Waals surface area contributed by atoms with E-state index in [-0.39, 0.29) is 23.1 Å². The second-order valence-electron chi connectivity index (χ2n) is 7.90. The second kappa shape index (κ2) is 10.2. The number of imide groups is 1. The summed E-state index contributed by atoms with van der Waals surface area (Å²) < 4.78 is 10.3. The van der Waals surface area contributed by atoms with Crippen molar-refractivity contribution in [3.8, 4) is 5.75 Å². The third kappa shape index (κ3) is 4.69. The molecular weight excluding hydrogens is 468 g/mol. The molecule has 0 N–H and O–H groups in total. The minimum atomic E-state index is -1.44. The maximum Gasteiger partial charge on any atom is 0.330 e. The van der Waals surface area contributed by atoms with Gasteiger partial charge in [-0.25, -0.2) is 4.79 Å². The van der Waals surface area contributed by atoms with Crippen LogP contribution in [0.1, 0.15) is 36.6 Å². The lowest BCUT2D eigenvalue weighted by Crippen LogP contribution is -2.47. The van der Waals surface area contributed by atoms with E-state index < -0.39 is 46.8 Å². The normalized spacial score (nSPS) is 13.2. The molecule has 2 amide bonds. The summed E-state index contributed by atoms with van der Waals surface area (Å²) in [5.74, 6) is -2.76. The van der Waals surface area contributed by atoms with Gasteiger partial charge in [0.25, 0.3) is 17.5 Å². The first kappa shape index (κ1) is 24.3. The fourth-order valence-corrected chi connectivity index (χ4v) is 3.93. The van der Waals surface area contributed by atoms with Crippen LogP contribution in [0, 0.1) is 10.1 Å². The molecule has 10 heteroatoms. The molecule has 0 radical (unpaired) electrons. The third-order valence-electron chi connectivity index (χ3n) is 5.73. The zero-order chi connectivity index (χ0) is 25.8. The Morgan fingerprint density at radius 3 is 2.28 bits per heavy atom. The van der Waals surface area contributed by atoms with Gasteiger partial charge < -0.3 is 9.47 Å². The van der Waals surface area contributed by atoms with Gasteiger partial charge in [-0.05, 0) is 35.9 Å². The van der Waals surface area contributed by atoms with Gasteiger partial charge in [0.1, 0.15) is 17.4 Å². The van der Waals surface area contributed by atoms with Gasteiger partial charge in [-0.2, -0.15) is 0 Å². The molecule has 3 aromatic rings. The highest BCUT2D eigenvalue weighted by Crippen LogP contribution is 2.33. The average Bonchev–Trinajstić information content (AvgIpc) is 3.15. The molecule has 36 heavy (non-hydrogen) atoms. The zero-order valence-electron chi connectivity index (χ0n) is 19.1.